The first-order valence-corrected chi connectivity index (χ1v) is 6.23. The smallest absolute Gasteiger partial charge is 0.303 e. The minimum absolute atomic E-state index is 0.00109. The zero-order valence-corrected chi connectivity index (χ0v) is 10.3. The predicted octanol–water partition coefficient (Wildman–Crippen LogP) is 1.10. The fourth-order valence-corrected chi connectivity index (χ4v) is 2.28. The van der Waals surface area contributed by atoms with Crippen molar-refractivity contribution in [3.05, 3.63) is 0 Å². The lowest BCUT2D eigenvalue weighted by atomic mass is 9.97. The SMILES string of the molecule is O=C(O)CCC(=O)N1CCCCC1CCC(=O)O. The number of hydrogen-bond donors (Lipinski definition) is 2. The highest BCUT2D eigenvalue weighted by Gasteiger charge is 2.26. The number of carbonyl (C=O) groups excluding carboxylic acids is 1. The molecule has 102 valence electrons. The maximum atomic E-state index is 11.9. The summed E-state index contributed by atoms with van der Waals surface area (Å²) in [7, 11) is 0. The molecule has 18 heavy (non-hydrogen) atoms. The van der Waals surface area contributed by atoms with E-state index in [1.54, 1.807) is 4.90 Å². The van der Waals surface area contributed by atoms with Crippen LogP contribution in [0.25, 0.3) is 0 Å². The number of piperidine rings is 1. The van der Waals surface area contributed by atoms with Gasteiger partial charge in [0.25, 0.3) is 0 Å². The van der Waals surface area contributed by atoms with E-state index in [1.807, 2.05) is 0 Å². The quantitative estimate of drug-likeness (QED) is 0.742. The molecular weight excluding hydrogens is 238 g/mol. The first-order chi connectivity index (χ1) is 8.50. The van der Waals surface area contributed by atoms with Gasteiger partial charge in [0.2, 0.25) is 5.91 Å². The Kier molecular flexibility index (Phi) is 5.61. The summed E-state index contributed by atoms with van der Waals surface area (Å²) in [6.07, 6.45) is 3.04. The maximum Gasteiger partial charge on any atom is 0.303 e. The van der Waals surface area contributed by atoms with Crippen LogP contribution < -0.4 is 0 Å². The maximum absolute atomic E-state index is 11.9. The number of amides is 1. The van der Waals surface area contributed by atoms with Gasteiger partial charge in [0.1, 0.15) is 0 Å². The van der Waals surface area contributed by atoms with E-state index in [1.165, 1.54) is 0 Å². The van der Waals surface area contributed by atoms with Gasteiger partial charge >= 0.3 is 11.9 Å². The van der Waals surface area contributed by atoms with Crippen molar-refractivity contribution in [2.24, 2.45) is 0 Å². The summed E-state index contributed by atoms with van der Waals surface area (Å²) >= 11 is 0. The number of aliphatic carboxylic acids is 2. The Morgan fingerprint density at radius 1 is 1.00 bits per heavy atom. The fraction of sp³-hybridized carbons (Fsp3) is 0.750. The van der Waals surface area contributed by atoms with Crippen molar-refractivity contribution in [3.63, 3.8) is 0 Å². The van der Waals surface area contributed by atoms with Gasteiger partial charge < -0.3 is 15.1 Å². The number of rotatable bonds is 6. The van der Waals surface area contributed by atoms with E-state index in [0.717, 1.165) is 19.3 Å². The van der Waals surface area contributed by atoms with Crippen LogP contribution in [0, 0.1) is 0 Å². The molecule has 1 amide bonds. The van der Waals surface area contributed by atoms with Crippen LogP contribution in [0.5, 0.6) is 0 Å². The molecule has 0 saturated carbocycles. The van der Waals surface area contributed by atoms with E-state index < -0.39 is 11.9 Å². The van der Waals surface area contributed by atoms with Crippen molar-refractivity contribution in [1.82, 2.24) is 4.90 Å². The van der Waals surface area contributed by atoms with Crippen LogP contribution in [0.2, 0.25) is 0 Å². The monoisotopic (exact) mass is 257 g/mol. The number of carbonyl (C=O) groups is 3. The summed E-state index contributed by atoms with van der Waals surface area (Å²) in [5.74, 6) is -2.02. The van der Waals surface area contributed by atoms with Gasteiger partial charge in [-0.05, 0) is 25.7 Å². The molecule has 1 heterocycles. The molecule has 2 N–H and O–H groups in total. The van der Waals surface area contributed by atoms with Crippen molar-refractivity contribution in [2.75, 3.05) is 6.54 Å². The van der Waals surface area contributed by atoms with Crippen molar-refractivity contribution in [1.29, 1.82) is 0 Å². The summed E-state index contributed by atoms with van der Waals surface area (Å²) in [5, 5.41) is 17.2. The summed E-state index contributed by atoms with van der Waals surface area (Å²) in [4.78, 5) is 34.5. The lowest BCUT2D eigenvalue weighted by molar-refractivity contribution is -0.143. The molecule has 1 rings (SSSR count). The van der Waals surface area contributed by atoms with Crippen LogP contribution in [-0.4, -0.2) is 45.5 Å². The molecule has 6 nitrogen and oxygen atoms in total. The second-order valence-electron chi connectivity index (χ2n) is 4.56. The van der Waals surface area contributed by atoms with Gasteiger partial charge in [-0.3, -0.25) is 14.4 Å². The third kappa shape index (κ3) is 4.73. The molecule has 0 spiro atoms. The zero-order chi connectivity index (χ0) is 13.5. The molecule has 1 aliphatic rings. The van der Waals surface area contributed by atoms with Crippen LogP contribution in [0.15, 0.2) is 0 Å². The number of carboxylic acid groups (broad SMARTS) is 2. The highest BCUT2D eigenvalue weighted by atomic mass is 16.4. The number of carboxylic acids is 2. The Morgan fingerprint density at radius 3 is 2.28 bits per heavy atom. The molecule has 0 aliphatic carbocycles. The largest absolute Gasteiger partial charge is 0.481 e. The molecule has 0 aromatic rings. The van der Waals surface area contributed by atoms with Gasteiger partial charge in [-0.15, -0.1) is 0 Å². The molecule has 6 heteroatoms. The van der Waals surface area contributed by atoms with E-state index in [-0.39, 0.29) is 31.2 Å². The standard InChI is InChI=1S/C12H19NO5/c14-10(5-7-12(17)18)13-8-2-1-3-9(13)4-6-11(15)16/h9H,1-8H2,(H,15,16)(H,17,18). The molecule has 0 bridgehead atoms. The number of nitrogens with zero attached hydrogens (tertiary/aromatic N) is 1. The lowest BCUT2D eigenvalue weighted by Gasteiger charge is -2.35. The minimum Gasteiger partial charge on any atom is -0.481 e. The van der Waals surface area contributed by atoms with E-state index in [9.17, 15) is 14.4 Å². The topological polar surface area (TPSA) is 94.9 Å². The summed E-state index contributed by atoms with van der Waals surface area (Å²) in [6, 6.07) is -0.0452. The van der Waals surface area contributed by atoms with Gasteiger partial charge in [-0.25, -0.2) is 0 Å². The molecule has 0 radical (unpaired) electrons. The summed E-state index contributed by atoms with van der Waals surface area (Å²) in [6.45, 7) is 0.614. The van der Waals surface area contributed by atoms with Crippen LogP contribution in [0.3, 0.4) is 0 Å². The van der Waals surface area contributed by atoms with E-state index in [0.29, 0.717) is 13.0 Å². The fourth-order valence-electron chi connectivity index (χ4n) is 2.28. The van der Waals surface area contributed by atoms with E-state index in [2.05, 4.69) is 0 Å². The van der Waals surface area contributed by atoms with Crippen molar-refractivity contribution >= 4 is 17.8 Å². The van der Waals surface area contributed by atoms with Crippen LogP contribution >= 0.6 is 0 Å². The molecular formula is C12H19NO5. The number of likely N-dealkylation sites (tertiary alicyclic amines) is 1. The molecule has 1 aliphatic heterocycles. The zero-order valence-electron chi connectivity index (χ0n) is 10.3. The Bertz CT molecular complexity index is 328. The highest BCUT2D eigenvalue weighted by molar-refractivity contribution is 5.81. The molecule has 1 saturated heterocycles. The minimum atomic E-state index is -0.984. The molecule has 1 atom stereocenters. The third-order valence-corrected chi connectivity index (χ3v) is 3.19. The van der Waals surface area contributed by atoms with Gasteiger partial charge in [-0.1, -0.05) is 0 Å². The average Bonchev–Trinajstić information content (AvgIpc) is 2.33. The lowest BCUT2D eigenvalue weighted by Crippen LogP contribution is -2.44. The summed E-state index contributed by atoms with van der Waals surface area (Å²) in [5.41, 5.74) is 0. The Hall–Kier alpha value is -1.59. The average molecular weight is 257 g/mol. The molecule has 0 aromatic heterocycles. The van der Waals surface area contributed by atoms with Crippen LogP contribution in [-0.2, 0) is 14.4 Å². The van der Waals surface area contributed by atoms with Gasteiger partial charge in [0.05, 0.1) is 6.42 Å². The predicted molar refractivity (Wildman–Crippen MR) is 63.1 cm³/mol. The normalized spacial score (nSPS) is 19.6. The van der Waals surface area contributed by atoms with Gasteiger partial charge in [0, 0.05) is 25.4 Å². The molecule has 0 aromatic carbocycles. The third-order valence-electron chi connectivity index (χ3n) is 3.19. The van der Waals surface area contributed by atoms with Crippen LogP contribution in [0.1, 0.15) is 44.9 Å². The molecule has 1 unspecified atom stereocenters. The van der Waals surface area contributed by atoms with Gasteiger partial charge in [-0.2, -0.15) is 0 Å². The van der Waals surface area contributed by atoms with Crippen molar-refractivity contribution in [2.45, 2.75) is 51.0 Å². The summed E-state index contributed by atoms with van der Waals surface area (Å²) < 4.78 is 0. The Labute approximate surface area is 106 Å². The number of hydrogen-bond acceptors (Lipinski definition) is 3. The van der Waals surface area contributed by atoms with Crippen molar-refractivity contribution < 1.29 is 24.6 Å². The van der Waals surface area contributed by atoms with Crippen molar-refractivity contribution in [3.8, 4) is 0 Å². The van der Waals surface area contributed by atoms with Crippen LogP contribution in [0.4, 0.5) is 0 Å². The van der Waals surface area contributed by atoms with E-state index >= 15 is 0 Å². The Morgan fingerprint density at radius 2 is 1.67 bits per heavy atom. The molecule has 1 fully saturated rings. The van der Waals surface area contributed by atoms with E-state index in [4.69, 9.17) is 10.2 Å². The second kappa shape index (κ2) is 6.98. The second-order valence-corrected chi connectivity index (χ2v) is 4.56. The highest BCUT2D eigenvalue weighted by Crippen LogP contribution is 2.22. The Balaban J connectivity index is 2.49. The first-order valence-electron chi connectivity index (χ1n) is 6.23. The first kappa shape index (κ1) is 14.5. The van der Waals surface area contributed by atoms with Gasteiger partial charge in [0.15, 0.2) is 0 Å².